The molecular formula is C6H11I2Mg. The van der Waals surface area contributed by atoms with E-state index in [-0.39, 0.29) is 0 Å². The van der Waals surface area contributed by atoms with Crippen LogP contribution < -0.4 is 0 Å². The number of hydrogen-bond acceptors (Lipinski definition) is 0. The summed E-state index contributed by atoms with van der Waals surface area (Å²) in [6.45, 7) is 3.94. The Balaban J connectivity index is 0.000000187. The third kappa shape index (κ3) is 8.13. The molecule has 0 saturated heterocycles. The van der Waals surface area contributed by atoms with Gasteiger partial charge in [0.15, 0.2) is 0 Å². The lowest BCUT2D eigenvalue weighted by atomic mass is 10.2. The normalized spacial score (nSPS) is 18.1. The molecule has 3 heteroatoms. The summed E-state index contributed by atoms with van der Waals surface area (Å²) in [5, 5.41) is 0. The van der Waals surface area contributed by atoms with Crippen LogP contribution in [0.5, 0.6) is 0 Å². The quantitative estimate of drug-likeness (QED) is 0.458. The molecule has 0 N–H and O–H groups in total. The SMILES string of the molecule is [CH2]C1CCCC1.[I][Mg][I]. The summed E-state index contributed by atoms with van der Waals surface area (Å²) >= 11 is 5.18. The Bertz CT molecular complexity index is 53.0. The highest BCUT2D eigenvalue weighted by Crippen LogP contribution is 2.22. The van der Waals surface area contributed by atoms with E-state index >= 15 is 0 Å². The fourth-order valence-corrected chi connectivity index (χ4v) is 1.01. The van der Waals surface area contributed by atoms with Crippen LogP contribution in [0.2, 0.25) is 0 Å². The Kier molecular flexibility index (Phi) is 10.4. The molecule has 1 saturated carbocycles. The van der Waals surface area contributed by atoms with Crippen molar-refractivity contribution in [2.75, 3.05) is 0 Å². The van der Waals surface area contributed by atoms with Crippen LogP contribution in [0.15, 0.2) is 0 Å². The summed E-state index contributed by atoms with van der Waals surface area (Å²) in [7, 11) is 0. The maximum atomic E-state index is 3.94. The molecule has 1 fully saturated rings. The highest BCUT2D eigenvalue weighted by Gasteiger charge is 2.07. The summed E-state index contributed by atoms with van der Waals surface area (Å²) < 4.78 is 0. The number of halogens is 2. The van der Waals surface area contributed by atoms with E-state index < -0.39 is 0 Å². The van der Waals surface area contributed by atoms with E-state index in [2.05, 4.69) is 44.6 Å². The van der Waals surface area contributed by atoms with Gasteiger partial charge in [-0.25, -0.2) is 0 Å². The van der Waals surface area contributed by atoms with E-state index in [1.54, 1.807) is 0 Å². The fraction of sp³-hybridized carbons (Fsp3) is 0.833. The molecule has 1 radical (unpaired) electrons. The van der Waals surface area contributed by atoms with Crippen molar-refractivity contribution in [3.05, 3.63) is 6.92 Å². The minimum atomic E-state index is 0.357. The summed E-state index contributed by atoms with van der Waals surface area (Å²) in [4.78, 5) is 0. The van der Waals surface area contributed by atoms with E-state index in [0.29, 0.717) is 12.6 Å². The molecule has 9 heavy (non-hydrogen) atoms. The first-order valence-electron chi connectivity index (χ1n) is 3.26. The van der Waals surface area contributed by atoms with E-state index in [0.717, 1.165) is 5.92 Å². The van der Waals surface area contributed by atoms with Crippen LogP contribution in [0, 0.1) is 12.8 Å². The van der Waals surface area contributed by atoms with Crippen LogP contribution in [0.3, 0.4) is 0 Å². The topological polar surface area (TPSA) is 0 Å². The van der Waals surface area contributed by atoms with Gasteiger partial charge < -0.3 is 0 Å². The van der Waals surface area contributed by atoms with E-state index in [1.807, 2.05) is 0 Å². The molecule has 0 unspecified atom stereocenters. The van der Waals surface area contributed by atoms with E-state index in [9.17, 15) is 0 Å². The molecule has 51 valence electrons. The Hall–Kier alpha value is 2.23. The Morgan fingerprint density at radius 2 is 1.56 bits per heavy atom. The molecule has 1 rings (SSSR count). The van der Waals surface area contributed by atoms with E-state index in [1.165, 1.54) is 25.7 Å². The smallest absolute Gasteiger partial charge is 0.276 e. The van der Waals surface area contributed by atoms with Crippen molar-refractivity contribution in [1.29, 1.82) is 0 Å². The second-order valence-electron chi connectivity index (χ2n) is 2.25. The standard InChI is InChI=1S/C6H11.2HI.Mg/c1-6-4-2-3-5-6;;;/h6H,1-5H2;2*1H;/q;;;+2/p-2. The second-order valence-corrected chi connectivity index (χ2v) is 15.8. The monoisotopic (exact) mass is 361 g/mol. The van der Waals surface area contributed by atoms with Crippen LogP contribution in [0.25, 0.3) is 0 Å². The average Bonchev–Trinajstić information content (AvgIpc) is 2.20. The third-order valence-electron chi connectivity index (χ3n) is 1.47. The molecule has 1 aliphatic carbocycles. The Labute approximate surface area is 87.4 Å². The van der Waals surface area contributed by atoms with Crippen molar-refractivity contribution in [1.82, 2.24) is 0 Å². The predicted molar refractivity (Wildman–Crippen MR) is 61.1 cm³/mol. The van der Waals surface area contributed by atoms with Gasteiger partial charge >= 0.3 is 12.6 Å². The predicted octanol–water partition coefficient (Wildman–Crippen LogP) is 3.40. The van der Waals surface area contributed by atoms with Gasteiger partial charge in [0.05, 0.1) is 0 Å². The van der Waals surface area contributed by atoms with Gasteiger partial charge in [-0.2, -0.15) is 0 Å². The summed E-state index contributed by atoms with van der Waals surface area (Å²) in [6.07, 6.45) is 5.60. The molecule has 0 spiro atoms. The maximum absolute atomic E-state index is 3.94. The Morgan fingerprint density at radius 1 is 1.22 bits per heavy atom. The van der Waals surface area contributed by atoms with Crippen LogP contribution in [0.1, 0.15) is 25.7 Å². The molecule has 0 amide bonds. The average molecular weight is 361 g/mol. The van der Waals surface area contributed by atoms with Gasteiger partial charge in [-0.05, 0) is 5.92 Å². The van der Waals surface area contributed by atoms with Gasteiger partial charge in [-0.3, -0.25) is 37.7 Å². The third-order valence-corrected chi connectivity index (χ3v) is 1.47. The van der Waals surface area contributed by atoms with Crippen molar-refractivity contribution in [3.8, 4) is 0 Å². The van der Waals surface area contributed by atoms with Gasteiger partial charge in [-0.15, -0.1) is 0 Å². The van der Waals surface area contributed by atoms with E-state index in [4.69, 9.17) is 0 Å². The summed E-state index contributed by atoms with van der Waals surface area (Å²) in [5.41, 5.74) is 0. The van der Waals surface area contributed by atoms with Crippen molar-refractivity contribution in [2.24, 2.45) is 5.92 Å². The first kappa shape index (κ1) is 11.2. The molecule has 0 aromatic heterocycles. The first-order chi connectivity index (χ1) is 4.31. The first-order valence-corrected chi connectivity index (χ1v) is 13.5. The van der Waals surface area contributed by atoms with Crippen LogP contribution >= 0.6 is 37.7 Å². The van der Waals surface area contributed by atoms with Gasteiger partial charge in [0.2, 0.25) is 0 Å². The highest BCUT2D eigenvalue weighted by molar-refractivity contribution is 14.3. The van der Waals surface area contributed by atoms with Crippen molar-refractivity contribution in [2.45, 2.75) is 25.7 Å². The molecule has 0 atom stereocenters. The summed E-state index contributed by atoms with van der Waals surface area (Å²) in [6, 6.07) is 0. The fourth-order valence-electron chi connectivity index (χ4n) is 1.01. The maximum Gasteiger partial charge on any atom is 0.552 e. The van der Waals surface area contributed by atoms with Crippen molar-refractivity contribution >= 4 is 50.3 Å². The molecule has 0 aromatic carbocycles. The van der Waals surface area contributed by atoms with Gasteiger partial charge in [-0.1, -0.05) is 32.6 Å². The Morgan fingerprint density at radius 3 is 1.67 bits per heavy atom. The molecule has 0 nitrogen and oxygen atoms in total. The highest BCUT2D eigenvalue weighted by atomic mass is 127. The molecule has 0 aliphatic heterocycles. The molecular weight excluding hydrogens is 350 g/mol. The lowest BCUT2D eigenvalue weighted by Crippen LogP contribution is -1.79. The van der Waals surface area contributed by atoms with Crippen LogP contribution in [-0.2, 0) is 0 Å². The van der Waals surface area contributed by atoms with Gasteiger partial charge in [0.25, 0.3) is 0 Å². The lowest BCUT2D eigenvalue weighted by Gasteiger charge is -1.91. The lowest BCUT2D eigenvalue weighted by molar-refractivity contribution is 0.681. The summed E-state index contributed by atoms with van der Waals surface area (Å²) in [5.74, 6) is 0.796. The van der Waals surface area contributed by atoms with Crippen LogP contribution in [0.4, 0.5) is 0 Å². The van der Waals surface area contributed by atoms with Gasteiger partial charge in [0, 0.05) is 0 Å². The van der Waals surface area contributed by atoms with Crippen molar-refractivity contribution in [3.63, 3.8) is 0 Å². The minimum absolute atomic E-state index is 0.357. The molecule has 0 bridgehead atoms. The number of rotatable bonds is 0. The number of hydrogen-bond donors (Lipinski definition) is 0. The van der Waals surface area contributed by atoms with Crippen molar-refractivity contribution < 1.29 is 0 Å². The zero-order chi connectivity index (χ0) is 7.11. The molecule has 0 aromatic rings. The second kappa shape index (κ2) is 8.32. The molecule has 0 heterocycles. The van der Waals surface area contributed by atoms with Gasteiger partial charge in [0.1, 0.15) is 0 Å². The minimum Gasteiger partial charge on any atom is -0.276 e. The van der Waals surface area contributed by atoms with Crippen LogP contribution in [-0.4, -0.2) is 12.6 Å². The largest absolute Gasteiger partial charge is 0.552 e. The zero-order valence-corrected chi connectivity index (χ0v) is 11.3. The molecule has 1 aliphatic rings. The zero-order valence-electron chi connectivity index (χ0n) is 5.58.